The van der Waals surface area contributed by atoms with E-state index >= 15 is 0 Å². The first-order valence-electron chi connectivity index (χ1n) is 15.5. The summed E-state index contributed by atoms with van der Waals surface area (Å²) >= 11 is 0. The molecule has 0 saturated carbocycles. The first kappa shape index (κ1) is 34.3. The fourth-order valence-corrected chi connectivity index (χ4v) is 5.05. The Morgan fingerprint density at radius 2 is 0.973 bits per heavy atom. The highest BCUT2D eigenvalue weighted by atomic mass is 16.7. The molecule has 0 aromatic rings. The van der Waals surface area contributed by atoms with Gasteiger partial charge in [0.1, 0.15) is 24.4 Å². The molecule has 0 aromatic carbocycles. The maximum Gasteiger partial charge on any atom is 0.308 e. The van der Waals surface area contributed by atoms with Gasteiger partial charge in [-0.05, 0) is 6.42 Å². The molecule has 0 radical (unpaired) electrons. The van der Waals surface area contributed by atoms with Gasteiger partial charge in [-0.3, -0.25) is 4.79 Å². The highest BCUT2D eigenvalue weighted by molar-refractivity contribution is 5.69. The smallest absolute Gasteiger partial charge is 0.308 e. The molecule has 1 aliphatic heterocycles. The first-order chi connectivity index (χ1) is 18.0. The molecule has 1 rings (SSSR count). The molecular formula is C30H58O7. The van der Waals surface area contributed by atoms with Gasteiger partial charge in [0, 0.05) is 6.42 Å². The molecule has 37 heavy (non-hydrogen) atoms. The molecule has 1 saturated heterocycles. The summed E-state index contributed by atoms with van der Waals surface area (Å²) < 4.78 is 10.3. The fourth-order valence-electron chi connectivity index (χ4n) is 5.05. The second-order valence-electron chi connectivity index (χ2n) is 11.0. The monoisotopic (exact) mass is 530 g/mol. The summed E-state index contributed by atoms with van der Waals surface area (Å²) in [4.78, 5) is 12.0. The SMILES string of the molecule is CCCCCCCCCCCCCCCCCCCCCCCC(=O)O[C@@H]1O[C@H](CO)[C@H](O)[C@H](O)[C@H]1O. The second kappa shape index (κ2) is 23.2. The summed E-state index contributed by atoms with van der Waals surface area (Å²) in [5, 5.41) is 38.6. The lowest BCUT2D eigenvalue weighted by Gasteiger charge is -2.39. The van der Waals surface area contributed by atoms with Crippen molar-refractivity contribution >= 4 is 5.97 Å². The summed E-state index contributed by atoms with van der Waals surface area (Å²) in [6, 6.07) is 0. The second-order valence-corrected chi connectivity index (χ2v) is 11.0. The Bertz CT molecular complexity index is 528. The topological polar surface area (TPSA) is 116 Å². The summed E-state index contributed by atoms with van der Waals surface area (Å²) in [6.07, 6.45) is 20.7. The van der Waals surface area contributed by atoms with Crippen molar-refractivity contribution < 1.29 is 34.7 Å². The Labute approximate surface area is 226 Å². The third-order valence-corrected chi connectivity index (χ3v) is 7.58. The van der Waals surface area contributed by atoms with E-state index in [2.05, 4.69) is 6.92 Å². The Morgan fingerprint density at radius 1 is 0.595 bits per heavy atom. The van der Waals surface area contributed by atoms with Gasteiger partial charge < -0.3 is 29.9 Å². The molecule has 0 unspecified atom stereocenters. The van der Waals surface area contributed by atoms with Crippen LogP contribution in [0, 0.1) is 0 Å². The standard InChI is InChI=1S/C30H58O7/c1-2-3-4-5-6-7-8-9-10-11-12-13-14-15-16-17-18-19-20-21-22-23-26(32)37-30-29(35)28(34)27(33)25(24-31)36-30/h25,27-31,33-35H,2-24H2,1H3/t25-,27+,28+,29-,30+/m1/s1. The van der Waals surface area contributed by atoms with Crippen LogP contribution in [0.2, 0.25) is 0 Å². The van der Waals surface area contributed by atoms with Gasteiger partial charge >= 0.3 is 5.97 Å². The number of hydrogen-bond donors (Lipinski definition) is 4. The van der Waals surface area contributed by atoms with E-state index in [0.717, 1.165) is 12.8 Å². The van der Waals surface area contributed by atoms with Crippen molar-refractivity contribution in [2.75, 3.05) is 6.61 Å². The van der Waals surface area contributed by atoms with E-state index in [4.69, 9.17) is 9.47 Å². The molecule has 7 heteroatoms. The van der Waals surface area contributed by atoms with Crippen LogP contribution in [0.15, 0.2) is 0 Å². The molecule has 220 valence electrons. The predicted molar refractivity (Wildman–Crippen MR) is 147 cm³/mol. The first-order valence-corrected chi connectivity index (χ1v) is 15.5. The van der Waals surface area contributed by atoms with Gasteiger partial charge in [-0.15, -0.1) is 0 Å². The number of carbonyl (C=O) groups is 1. The Balaban J connectivity index is 1.83. The van der Waals surface area contributed by atoms with Crippen LogP contribution in [-0.2, 0) is 14.3 Å². The van der Waals surface area contributed by atoms with Crippen molar-refractivity contribution in [1.82, 2.24) is 0 Å². The molecule has 0 aromatic heterocycles. The summed E-state index contributed by atoms with van der Waals surface area (Å²) in [5.41, 5.74) is 0. The molecule has 1 aliphatic rings. The number of esters is 1. The molecule has 1 heterocycles. The van der Waals surface area contributed by atoms with Crippen LogP contribution in [0.4, 0.5) is 0 Å². The van der Waals surface area contributed by atoms with Crippen molar-refractivity contribution in [3.05, 3.63) is 0 Å². The van der Waals surface area contributed by atoms with Gasteiger partial charge in [0.25, 0.3) is 0 Å². The van der Waals surface area contributed by atoms with Crippen molar-refractivity contribution in [2.45, 2.75) is 179 Å². The highest BCUT2D eigenvalue weighted by Crippen LogP contribution is 2.23. The van der Waals surface area contributed by atoms with Gasteiger partial charge in [-0.1, -0.05) is 135 Å². The molecule has 0 amide bonds. The van der Waals surface area contributed by atoms with Gasteiger partial charge in [0.05, 0.1) is 6.61 Å². The lowest BCUT2D eigenvalue weighted by atomic mass is 9.99. The molecule has 0 aliphatic carbocycles. The fraction of sp³-hybridized carbons (Fsp3) is 0.967. The predicted octanol–water partition coefficient (Wildman–Crippen LogP) is 5.93. The van der Waals surface area contributed by atoms with Crippen molar-refractivity contribution in [3.63, 3.8) is 0 Å². The molecule has 0 spiro atoms. The van der Waals surface area contributed by atoms with Crippen LogP contribution in [-0.4, -0.2) is 63.7 Å². The maximum absolute atomic E-state index is 12.0. The minimum Gasteiger partial charge on any atom is -0.433 e. The quantitative estimate of drug-likeness (QED) is 0.0902. The van der Waals surface area contributed by atoms with Crippen LogP contribution in [0.3, 0.4) is 0 Å². The Morgan fingerprint density at radius 3 is 1.35 bits per heavy atom. The van der Waals surface area contributed by atoms with E-state index in [-0.39, 0.29) is 6.42 Å². The van der Waals surface area contributed by atoms with E-state index < -0.39 is 43.3 Å². The summed E-state index contributed by atoms with van der Waals surface area (Å²) in [7, 11) is 0. The molecule has 5 atom stereocenters. The number of unbranched alkanes of at least 4 members (excludes halogenated alkanes) is 20. The summed E-state index contributed by atoms with van der Waals surface area (Å²) in [6.45, 7) is 1.73. The largest absolute Gasteiger partial charge is 0.433 e. The Kier molecular flexibility index (Phi) is 21.5. The minimum absolute atomic E-state index is 0.216. The van der Waals surface area contributed by atoms with Crippen LogP contribution >= 0.6 is 0 Å². The van der Waals surface area contributed by atoms with Crippen LogP contribution in [0.25, 0.3) is 0 Å². The van der Waals surface area contributed by atoms with E-state index in [1.54, 1.807) is 0 Å². The maximum atomic E-state index is 12.0. The van der Waals surface area contributed by atoms with Crippen molar-refractivity contribution in [1.29, 1.82) is 0 Å². The van der Waals surface area contributed by atoms with Crippen LogP contribution < -0.4 is 0 Å². The number of hydrogen-bond acceptors (Lipinski definition) is 7. The van der Waals surface area contributed by atoms with E-state index in [0.29, 0.717) is 6.42 Å². The zero-order valence-electron chi connectivity index (χ0n) is 23.7. The third kappa shape index (κ3) is 16.8. The normalized spacial score (nSPS) is 23.9. The van der Waals surface area contributed by atoms with E-state index in [1.807, 2.05) is 0 Å². The zero-order chi connectivity index (χ0) is 27.1. The van der Waals surface area contributed by atoms with Crippen LogP contribution in [0.1, 0.15) is 148 Å². The number of rotatable bonds is 24. The van der Waals surface area contributed by atoms with Gasteiger partial charge in [0.15, 0.2) is 0 Å². The van der Waals surface area contributed by atoms with Crippen LogP contribution in [0.5, 0.6) is 0 Å². The molecule has 4 N–H and O–H groups in total. The highest BCUT2D eigenvalue weighted by Gasteiger charge is 2.45. The lowest BCUT2D eigenvalue weighted by molar-refractivity contribution is -0.292. The van der Waals surface area contributed by atoms with Crippen molar-refractivity contribution in [3.8, 4) is 0 Å². The number of carbonyl (C=O) groups excluding carboxylic acids is 1. The van der Waals surface area contributed by atoms with Gasteiger partial charge in [0.2, 0.25) is 6.29 Å². The summed E-state index contributed by atoms with van der Waals surface area (Å²) in [5.74, 6) is -0.512. The van der Waals surface area contributed by atoms with E-state index in [1.165, 1.54) is 116 Å². The molecular weight excluding hydrogens is 472 g/mol. The van der Waals surface area contributed by atoms with Gasteiger partial charge in [-0.25, -0.2) is 0 Å². The molecule has 7 nitrogen and oxygen atoms in total. The molecule has 0 bridgehead atoms. The number of ether oxygens (including phenoxy) is 2. The number of aliphatic hydroxyl groups is 4. The van der Waals surface area contributed by atoms with Gasteiger partial charge in [-0.2, -0.15) is 0 Å². The zero-order valence-corrected chi connectivity index (χ0v) is 23.7. The lowest BCUT2D eigenvalue weighted by Crippen LogP contribution is -2.59. The average molecular weight is 531 g/mol. The minimum atomic E-state index is -1.54. The number of aliphatic hydroxyl groups excluding tert-OH is 4. The average Bonchev–Trinajstić information content (AvgIpc) is 2.89. The van der Waals surface area contributed by atoms with E-state index in [9.17, 15) is 25.2 Å². The van der Waals surface area contributed by atoms with Crippen molar-refractivity contribution in [2.24, 2.45) is 0 Å². The Hall–Kier alpha value is -0.730. The third-order valence-electron chi connectivity index (χ3n) is 7.58. The molecule has 1 fully saturated rings.